The van der Waals surface area contributed by atoms with Gasteiger partial charge in [0.25, 0.3) is 0 Å². The van der Waals surface area contributed by atoms with Gasteiger partial charge in [0.05, 0.1) is 5.69 Å². The first-order valence-electron chi connectivity index (χ1n) is 7.09. The Morgan fingerprint density at radius 3 is 2.30 bits per heavy atom. The third-order valence-electron chi connectivity index (χ3n) is 3.15. The van der Waals surface area contributed by atoms with Gasteiger partial charge in [0, 0.05) is 11.8 Å². The molecule has 0 spiro atoms. The molecule has 0 saturated heterocycles. The van der Waals surface area contributed by atoms with Crippen LogP contribution in [0.2, 0.25) is 0 Å². The van der Waals surface area contributed by atoms with Crippen LogP contribution in [0.5, 0.6) is 0 Å². The summed E-state index contributed by atoms with van der Waals surface area (Å²) in [6.07, 6.45) is 0. The van der Waals surface area contributed by atoms with Crippen molar-refractivity contribution in [3.8, 4) is 5.69 Å². The van der Waals surface area contributed by atoms with E-state index in [-0.39, 0.29) is 5.91 Å². The molecule has 116 valence electrons. The van der Waals surface area contributed by atoms with Gasteiger partial charge in [0.2, 0.25) is 5.91 Å². The van der Waals surface area contributed by atoms with Crippen LogP contribution in [0.4, 0.5) is 11.5 Å². The van der Waals surface area contributed by atoms with Gasteiger partial charge >= 0.3 is 0 Å². The van der Waals surface area contributed by atoms with Crippen molar-refractivity contribution in [1.29, 1.82) is 0 Å². The lowest BCUT2D eigenvalue weighted by molar-refractivity contribution is -0.114. The minimum absolute atomic E-state index is 0.181. The van der Waals surface area contributed by atoms with Gasteiger partial charge in [-0.25, -0.2) is 4.68 Å². The normalized spacial score (nSPS) is 10.5. The maximum Gasteiger partial charge on any atom is 0.221 e. The number of hydrogen-bond donors (Lipinski definition) is 2. The molecular formula is C17H16N4OS. The molecule has 0 radical (unpaired) electrons. The van der Waals surface area contributed by atoms with E-state index in [0.29, 0.717) is 16.5 Å². The average molecular weight is 324 g/mol. The van der Waals surface area contributed by atoms with E-state index in [2.05, 4.69) is 10.4 Å². The van der Waals surface area contributed by atoms with Crippen molar-refractivity contribution < 1.29 is 4.79 Å². The molecule has 0 aliphatic rings. The molecule has 0 aliphatic carbocycles. The van der Waals surface area contributed by atoms with Gasteiger partial charge < -0.3 is 11.1 Å². The standard InChI is InChI=1S/C17H16N4OS/c1-12(22)19-15-16(18)21(13-8-4-2-5-9-13)20-17(15)23-14-10-6-3-7-11-14/h2-11H,18H2,1H3,(H,19,22). The van der Waals surface area contributed by atoms with E-state index in [1.165, 1.54) is 18.7 Å². The second-order valence-electron chi connectivity index (χ2n) is 4.91. The number of rotatable bonds is 4. The van der Waals surface area contributed by atoms with E-state index in [1.807, 2.05) is 60.7 Å². The summed E-state index contributed by atoms with van der Waals surface area (Å²) in [4.78, 5) is 12.5. The fourth-order valence-corrected chi connectivity index (χ4v) is 3.04. The average Bonchev–Trinajstić information content (AvgIpc) is 2.85. The molecule has 3 aromatic rings. The molecule has 0 aliphatic heterocycles. The molecular weight excluding hydrogens is 308 g/mol. The van der Waals surface area contributed by atoms with Crippen LogP contribution < -0.4 is 11.1 Å². The van der Waals surface area contributed by atoms with Gasteiger partial charge in [-0.3, -0.25) is 4.79 Å². The molecule has 23 heavy (non-hydrogen) atoms. The van der Waals surface area contributed by atoms with Crippen LogP contribution in [-0.2, 0) is 4.79 Å². The van der Waals surface area contributed by atoms with E-state index in [0.717, 1.165) is 10.6 Å². The maximum absolute atomic E-state index is 11.5. The van der Waals surface area contributed by atoms with E-state index < -0.39 is 0 Å². The predicted octanol–water partition coefficient (Wildman–Crippen LogP) is 3.56. The molecule has 6 heteroatoms. The van der Waals surface area contributed by atoms with E-state index >= 15 is 0 Å². The monoisotopic (exact) mass is 324 g/mol. The molecule has 1 aromatic heterocycles. The smallest absolute Gasteiger partial charge is 0.221 e. The van der Waals surface area contributed by atoms with Crippen LogP contribution in [0.3, 0.4) is 0 Å². The molecule has 3 rings (SSSR count). The zero-order chi connectivity index (χ0) is 16.2. The molecule has 0 fully saturated rings. The Bertz CT molecular complexity index is 815. The third-order valence-corrected chi connectivity index (χ3v) is 4.14. The van der Waals surface area contributed by atoms with E-state index in [1.54, 1.807) is 4.68 Å². The summed E-state index contributed by atoms with van der Waals surface area (Å²) in [7, 11) is 0. The van der Waals surface area contributed by atoms with Crippen molar-refractivity contribution in [2.45, 2.75) is 16.8 Å². The first-order chi connectivity index (χ1) is 11.1. The van der Waals surface area contributed by atoms with Crippen molar-refractivity contribution in [3.05, 3.63) is 60.7 Å². The Kier molecular flexibility index (Phi) is 4.34. The van der Waals surface area contributed by atoms with Gasteiger partial charge in [-0.15, -0.1) is 0 Å². The number of anilines is 2. The largest absolute Gasteiger partial charge is 0.382 e. The number of hydrogen-bond acceptors (Lipinski definition) is 4. The molecule has 2 aromatic carbocycles. The first-order valence-corrected chi connectivity index (χ1v) is 7.91. The minimum Gasteiger partial charge on any atom is -0.382 e. The molecule has 1 amide bonds. The van der Waals surface area contributed by atoms with E-state index in [9.17, 15) is 4.79 Å². The number of aromatic nitrogens is 2. The van der Waals surface area contributed by atoms with Gasteiger partial charge in [0.15, 0.2) is 5.82 Å². The maximum atomic E-state index is 11.5. The topological polar surface area (TPSA) is 72.9 Å². The number of carbonyl (C=O) groups excluding carboxylic acids is 1. The molecule has 1 heterocycles. The molecule has 0 bridgehead atoms. The zero-order valence-corrected chi connectivity index (χ0v) is 13.4. The molecule has 0 unspecified atom stereocenters. The van der Waals surface area contributed by atoms with Crippen molar-refractivity contribution in [3.63, 3.8) is 0 Å². The Labute approximate surface area is 138 Å². The molecule has 0 atom stereocenters. The highest BCUT2D eigenvalue weighted by molar-refractivity contribution is 7.99. The summed E-state index contributed by atoms with van der Waals surface area (Å²) >= 11 is 1.46. The second kappa shape index (κ2) is 6.58. The Morgan fingerprint density at radius 1 is 1.09 bits per heavy atom. The highest BCUT2D eigenvalue weighted by atomic mass is 32.2. The van der Waals surface area contributed by atoms with Crippen LogP contribution in [0.25, 0.3) is 5.69 Å². The number of nitrogens with one attached hydrogen (secondary N) is 1. The number of amides is 1. The van der Waals surface area contributed by atoms with Crippen LogP contribution in [0, 0.1) is 0 Å². The van der Waals surface area contributed by atoms with Gasteiger partial charge in [-0.2, -0.15) is 5.10 Å². The van der Waals surface area contributed by atoms with Crippen LogP contribution >= 0.6 is 11.8 Å². The highest BCUT2D eigenvalue weighted by Crippen LogP contribution is 2.37. The SMILES string of the molecule is CC(=O)Nc1c(Sc2ccccc2)nn(-c2ccccc2)c1N. The van der Waals surface area contributed by atoms with Gasteiger partial charge in [-0.1, -0.05) is 48.2 Å². The van der Waals surface area contributed by atoms with Crippen LogP contribution in [0.15, 0.2) is 70.6 Å². The number of nitrogens with two attached hydrogens (primary N) is 1. The van der Waals surface area contributed by atoms with Crippen molar-refractivity contribution >= 4 is 29.2 Å². The van der Waals surface area contributed by atoms with Crippen LogP contribution in [0.1, 0.15) is 6.92 Å². The summed E-state index contributed by atoms with van der Waals surface area (Å²) in [5.74, 6) is 0.226. The Morgan fingerprint density at radius 2 is 1.70 bits per heavy atom. The fourth-order valence-electron chi connectivity index (χ4n) is 2.14. The lowest BCUT2D eigenvalue weighted by Gasteiger charge is -2.05. The van der Waals surface area contributed by atoms with Crippen molar-refractivity contribution in [1.82, 2.24) is 9.78 Å². The zero-order valence-electron chi connectivity index (χ0n) is 12.6. The van der Waals surface area contributed by atoms with Crippen molar-refractivity contribution in [2.75, 3.05) is 11.1 Å². The summed E-state index contributed by atoms with van der Waals surface area (Å²) < 4.78 is 1.64. The quantitative estimate of drug-likeness (QED) is 0.769. The third kappa shape index (κ3) is 3.37. The highest BCUT2D eigenvalue weighted by Gasteiger charge is 2.18. The lowest BCUT2D eigenvalue weighted by atomic mass is 10.3. The minimum atomic E-state index is -0.181. The number of nitrogen functional groups attached to an aromatic ring is 1. The van der Waals surface area contributed by atoms with Crippen LogP contribution in [-0.4, -0.2) is 15.7 Å². The number of benzene rings is 2. The lowest BCUT2D eigenvalue weighted by Crippen LogP contribution is -2.09. The summed E-state index contributed by atoms with van der Waals surface area (Å²) in [5, 5.41) is 8.01. The molecule has 0 saturated carbocycles. The molecule has 3 N–H and O–H groups in total. The Hall–Kier alpha value is -2.73. The number of carbonyl (C=O) groups is 1. The summed E-state index contributed by atoms with van der Waals surface area (Å²) in [5.41, 5.74) is 7.59. The second-order valence-corrected chi connectivity index (χ2v) is 5.97. The van der Waals surface area contributed by atoms with Crippen molar-refractivity contribution in [2.24, 2.45) is 0 Å². The van der Waals surface area contributed by atoms with Gasteiger partial charge in [-0.05, 0) is 24.3 Å². The predicted molar refractivity (Wildman–Crippen MR) is 92.8 cm³/mol. The fraction of sp³-hybridized carbons (Fsp3) is 0.0588. The summed E-state index contributed by atoms with van der Waals surface area (Å²) in [6.45, 7) is 1.45. The van der Waals surface area contributed by atoms with E-state index in [4.69, 9.17) is 5.73 Å². The summed E-state index contributed by atoms with van der Waals surface area (Å²) in [6, 6.07) is 19.4. The molecule has 5 nitrogen and oxygen atoms in total. The number of nitrogens with zero attached hydrogens (tertiary/aromatic N) is 2. The Balaban J connectivity index is 2.05. The first kappa shape index (κ1) is 15.2. The number of para-hydroxylation sites is 1. The van der Waals surface area contributed by atoms with Gasteiger partial charge in [0.1, 0.15) is 10.7 Å².